The average molecular weight is 607 g/mol. The molecule has 0 radical (unpaired) electrons. The van der Waals surface area contributed by atoms with Gasteiger partial charge in [0, 0.05) is 48.3 Å². The van der Waals surface area contributed by atoms with Gasteiger partial charge in [0.25, 0.3) is 0 Å². The zero-order valence-corrected chi connectivity index (χ0v) is 25.8. The molecule has 1 saturated heterocycles. The van der Waals surface area contributed by atoms with Gasteiger partial charge in [-0.2, -0.15) is 10.2 Å². The first-order chi connectivity index (χ1) is 22.4. The minimum Gasteiger partial charge on any atom is -0.505 e. The van der Waals surface area contributed by atoms with E-state index in [1.807, 2.05) is 98.8 Å². The fourth-order valence-electron chi connectivity index (χ4n) is 6.06. The number of benzene rings is 6. The van der Waals surface area contributed by atoms with Gasteiger partial charge in [0.1, 0.15) is 11.4 Å². The van der Waals surface area contributed by atoms with Gasteiger partial charge < -0.3 is 20.0 Å². The van der Waals surface area contributed by atoms with Gasteiger partial charge in [-0.3, -0.25) is 0 Å². The summed E-state index contributed by atoms with van der Waals surface area (Å²) in [7, 11) is 0. The maximum absolute atomic E-state index is 10.8. The lowest BCUT2D eigenvalue weighted by Crippen LogP contribution is -2.46. The van der Waals surface area contributed by atoms with E-state index in [4.69, 9.17) is 0 Å². The summed E-state index contributed by atoms with van der Waals surface area (Å²) in [6.07, 6.45) is 0. The van der Waals surface area contributed by atoms with Crippen molar-refractivity contribution in [3.63, 3.8) is 0 Å². The van der Waals surface area contributed by atoms with Crippen LogP contribution in [0.4, 0.5) is 34.1 Å². The normalized spacial score (nSPS) is 13.9. The number of hydrogen-bond donors (Lipinski definition) is 2. The lowest BCUT2D eigenvalue weighted by atomic mass is 10.0. The van der Waals surface area contributed by atoms with Crippen LogP contribution in [0, 0.1) is 13.8 Å². The molecule has 2 N–H and O–H groups in total. The smallest absolute Gasteiger partial charge is 0.151 e. The number of phenolic OH excluding ortho intramolecular Hbond substituents is 2. The number of rotatable bonds is 6. The molecule has 1 fully saturated rings. The largest absolute Gasteiger partial charge is 0.505 e. The van der Waals surface area contributed by atoms with E-state index >= 15 is 0 Å². The van der Waals surface area contributed by atoms with Crippen LogP contribution in [0.2, 0.25) is 0 Å². The maximum Gasteiger partial charge on any atom is 0.151 e. The van der Waals surface area contributed by atoms with Crippen LogP contribution < -0.4 is 9.80 Å². The summed E-state index contributed by atoms with van der Waals surface area (Å²) in [6.45, 7) is 7.45. The number of aromatic hydroxyl groups is 2. The van der Waals surface area contributed by atoms with Crippen molar-refractivity contribution in [1.82, 2.24) is 0 Å². The van der Waals surface area contributed by atoms with E-state index < -0.39 is 0 Å². The number of nitrogens with zero attached hydrogens (tertiary/aromatic N) is 6. The molecule has 0 amide bonds. The summed E-state index contributed by atoms with van der Waals surface area (Å²) in [6, 6.07) is 35.7. The lowest BCUT2D eigenvalue weighted by molar-refractivity contribution is 0.482. The Bertz CT molecular complexity index is 1950. The molecule has 0 unspecified atom stereocenters. The molecular formula is C38H34N6O2. The van der Waals surface area contributed by atoms with Crippen molar-refractivity contribution < 1.29 is 10.2 Å². The Morgan fingerprint density at radius 1 is 0.478 bits per heavy atom. The van der Waals surface area contributed by atoms with Crippen molar-refractivity contribution in [2.45, 2.75) is 13.8 Å². The molecule has 46 heavy (non-hydrogen) atoms. The van der Waals surface area contributed by atoms with Crippen molar-refractivity contribution in [3.8, 4) is 11.5 Å². The van der Waals surface area contributed by atoms with Crippen LogP contribution in [0.3, 0.4) is 0 Å². The summed E-state index contributed by atoms with van der Waals surface area (Å²) < 4.78 is 0. The van der Waals surface area contributed by atoms with Crippen molar-refractivity contribution in [3.05, 3.63) is 120 Å². The van der Waals surface area contributed by atoms with Crippen LogP contribution in [-0.2, 0) is 0 Å². The number of piperazine rings is 1. The van der Waals surface area contributed by atoms with Crippen molar-refractivity contribution in [2.24, 2.45) is 20.5 Å². The second-order valence-corrected chi connectivity index (χ2v) is 11.6. The highest BCUT2D eigenvalue weighted by Crippen LogP contribution is 2.40. The molecule has 0 saturated carbocycles. The van der Waals surface area contributed by atoms with Gasteiger partial charge >= 0.3 is 0 Å². The quantitative estimate of drug-likeness (QED) is 0.184. The summed E-state index contributed by atoms with van der Waals surface area (Å²) in [5, 5.41) is 42.7. The number of anilines is 2. The van der Waals surface area contributed by atoms with E-state index in [0.29, 0.717) is 11.4 Å². The Balaban J connectivity index is 0.969. The highest BCUT2D eigenvalue weighted by atomic mass is 16.3. The van der Waals surface area contributed by atoms with Crippen LogP contribution in [-0.4, -0.2) is 36.4 Å². The van der Waals surface area contributed by atoms with E-state index in [-0.39, 0.29) is 11.5 Å². The molecule has 0 atom stereocenters. The van der Waals surface area contributed by atoms with Gasteiger partial charge in [-0.05, 0) is 96.4 Å². The highest BCUT2D eigenvalue weighted by Gasteiger charge is 2.18. The number of hydrogen-bond acceptors (Lipinski definition) is 8. The molecule has 0 bridgehead atoms. The second-order valence-electron chi connectivity index (χ2n) is 11.6. The summed E-state index contributed by atoms with van der Waals surface area (Å²) in [5.41, 5.74) is 6.51. The van der Waals surface area contributed by atoms with Crippen LogP contribution >= 0.6 is 0 Å². The predicted molar refractivity (Wildman–Crippen MR) is 186 cm³/mol. The molecule has 0 aliphatic carbocycles. The minimum absolute atomic E-state index is 0.157. The van der Waals surface area contributed by atoms with Crippen LogP contribution in [0.5, 0.6) is 11.5 Å². The summed E-state index contributed by atoms with van der Waals surface area (Å²) >= 11 is 0. The zero-order chi connectivity index (χ0) is 31.6. The fourth-order valence-corrected chi connectivity index (χ4v) is 6.06. The summed E-state index contributed by atoms with van der Waals surface area (Å²) in [4.78, 5) is 4.75. The van der Waals surface area contributed by atoms with Crippen LogP contribution in [0.1, 0.15) is 11.1 Å². The maximum atomic E-state index is 10.8. The third-order valence-corrected chi connectivity index (χ3v) is 8.61. The van der Waals surface area contributed by atoms with Crippen molar-refractivity contribution in [1.29, 1.82) is 0 Å². The molecule has 6 aromatic rings. The lowest BCUT2D eigenvalue weighted by Gasteiger charge is -2.37. The van der Waals surface area contributed by atoms with E-state index in [0.717, 1.165) is 81.6 Å². The highest BCUT2D eigenvalue weighted by molar-refractivity contribution is 5.94. The topological polar surface area (TPSA) is 96.4 Å². The van der Waals surface area contributed by atoms with Gasteiger partial charge in [-0.25, -0.2) is 0 Å². The third-order valence-electron chi connectivity index (χ3n) is 8.61. The molecule has 0 spiro atoms. The summed E-state index contributed by atoms with van der Waals surface area (Å²) in [5.74, 6) is 0.313. The zero-order valence-electron chi connectivity index (χ0n) is 25.8. The van der Waals surface area contributed by atoms with E-state index in [2.05, 4.69) is 54.5 Å². The molecule has 8 heteroatoms. The molecule has 7 rings (SSSR count). The Morgan fingerprint density at radius 2 is 0.848 bits per heavy atom. The van der Waals surface area contributed by atoms with E-state index in [9.17, 15) is 10.2 Å². The SMILES string of the molecule is Cc1cc2ccccc2c(O)c1/N=N/c1ccc(N2CCN(c3ccc(/N=N/c4c(C)cc5ccccc5c4O)cc3)CC2)cc1. The standard InChI is InChI=1S/C38H34N6O2/c1-25-23-27-7-3-5-9-33(27)37(45)35(25)41-39-29-11-15-31(16-12-29)43-19-21-44(22-20-43)32-17-13-30(14-18-32)40-42-36-26(2)24-28-8-4-6-10-34(28)38(36)46/h3-18,23-24,45-46H,19-22H2,1-2H3/b41-39+,42-40+. The molecule has 0 aromatic heterocycles. The van der Waals surface area contributed by atoms with Crippen molar-refractivity contribution >= 4 is 55.7 Å². The molecule has 228 valence electrons. The number of fused-ring (bicyclic) bond motifs is 2. The molecule has 1 heterocycles. The Morgan fingerprint density at radius 3 is 1.24 bits per heavy atom. The minimum atomic E-state index is 0.157. The number of phenols is 2. The predicted octanol–water partition coefficient (Wildman–Crippen LogP) is 10.2. The second kappa shape index (κ2) is 12.3. The fraction of sp³-hybridized carbons (Fsp3) is 0.158. The first kappa shape index (κ1) is 29.0. The van der Waals surface area contributed by atoms with Gasteiger partial charge in [0.05, 0.1) is 11.4 Å². The van der Waals surface area contributed by atoms with E-state index in [1.54, 1.807) is 0 Å². The monoisotopic (exact) mass is 606 g/mol. The van der Waals surface area contributed by atoms with E-state index in [1.165, 1.54) is 0 Å². The van der Waals surface area contributed by atoms with Gasteiger partial charge in [-0.1, -0.05) is 48.5 Å². The van der Waals surface area contributed by atoms with Crippen LogP contribution in [0.15, 0.2) is 130 Å². The molecular weight excluding hydrogens is 572 g/mol. The number of azo groups is 2. The molecule has 6 aromatic carbocycles. The molecule has 1 aliphatic heterocycles. The van der Waals surface area contributed by atoms with Gasteiger partial charge in [0.2, 0.25) is 0 Å². The third kappa shape index (κ3) is 5.73. The van der Waals surface area contributed by atoms with Crippen molar-refractivity contribution in [2.75, 3.05) is 36.0 Å². The number of aryl methyl sites for hydroxylation is 2. The first-order valence-electron chi connectivity index (χ1n) is 15.4. The molecule has 1 aliphatic rings. The molecule has 8 nitrogen and oxygen atoms in total. The van der Waals surface area contributed by atoms with Gasteiger partial charge in [-0.15, -0.1) is 10.2 Å². The Labute approximate surface area is 267 Å². The van der Waals surface area contributed by atoms with Crippen LogP contribution in [0.25, 0.3) is 21.5 Å². The van der Waals surface area contributed by atoms with Gasteiger partial charge in [0.15, 0.2) is 11.5 Å². The average Bonchev–Trinajstić information content (AvgIpc) is 3.09. The Hall–Kier alpha value is -5.76. The Kier molecular flexibility index (Phi) is 7.76. The first-order valence-corrected chi connectivity index (χ1v) is 15.4.